The predicted molar refractivity (Wildman–Crippen MR) is 118 cm³/mol. The number of rotatable bonds is 6. The molecule has 3 aromatic carbocycles. The highest BCUT2D eigenvalue weighted by Crippen LogP contribution is 2.26. The lowest BCUT2D eigenvalue weighted by molar-refractivity contribution is 0.474. The van der Waals surface area contributed by atoms with Gasteiger partial charge in [-0.05, 0) is 35.4 Å². The second-order valence-corrected chi connectivity index (χ2v) is 6.37. The molecule has 4 rings (SSSR count). The van der Waals surface area contributed by atoms with Gasteiger partial charge in [0.15, 0.2) is 11.6 Å². The number of anilines is 2. The smallest absolute Gasteiger partial charge is 0.176 e. The van der Waals surface area contributed by atoms with Crippen molar-refractivity contribution in [3.05, 3.63) is 83.9 Å². The average Bonchev–Trinajstić information content (AvgIpc) is 2.75. The Hall–Kier alpha value is -4.46. The van der Waals surface area contributed by atoms with Gasteiger partial charge < -0.3 is 10.2 Å². The van der Waals surface area contributed by atoms with Crippen LogP contribution in [0.4, 0.5) is 11.6 Å². The van der Waals surface area contributed by atoms with Crippen molar-refractivity contribution in [3.8, 4) is 11.5 Å². The molecular formula is C22H18N6O2. The maximum Gasteiger partial charge on any atom is 0.176 e. The fourth-order valence-corrected chi connectivity index (χ4v) is 2.82. The number of benzene rings is 3. The SMILES string of the molecule is Oc1cccc(/C=N\Nc2nnc(N/N=C\c3cccc(O)c3)c3ccccc23)c1. The van der Waals surface area contributed by atoms with Crippen LogP contribution in [0.5, 0.6) is 11.5 Å². The Balaban J connectivity index is 1.54. The number of nitrogens with one attached hydrogen (secondary N) is 2. The minimum atomic E-state index is 0.172. The molecule has 4 N–H and O–H groups in total. The van der Waals surface area contributed by atoms with E-state index in [2.05, 4.69) is 31.3 Å². The number of hydrogen-bond donors (Lipinski definition) is 4. The Morgan fingerprint density at radius 2 is 1.10 bits per heavy atom. The van der Waals surface area contributed by atoms with Crippen LogP contribution < -0.4 is 10.9 Å². The Morgan fingerprint density at radius 3 is 1.53 bits per heavy atom. The molecule has 0 bridgehead atoms. The van der Waals surface area contributed by atoms with E-state index in [4.69, 9.17) is 0 Å². The summed E-state index contributed by atoms with van der Waals surface area (Å²) in [5.74, 6) is 1.32. The van der Waals surface area contributed by atoms with E-state index < -0.39 is 0 Å². The normalized spacial score (nSPS) is 11.3. The summed E-state index contributed by atoms with van der Waals surface area (Å²) in [5, 5.41) is 37.4. The molecule has 0 spiro atoms. The van der Waals surface area contributed by atoms with E-state index in [0.29, 0.717) is 11.6 Å². The summed E-state index contributed by atoms with van der Waals surface area (Å²) >= 11 is 0. The first-order valence-corrected chi connectivity index (χ1v) is 9.11. The van der Waals surface area contributed by atoms with Crippen LogP contribution >= 0.6 is 0 Å². The van der Waals surface area contributed by atoms with E-state index in [1.54, 1.807) is 48.8 Å². The van der Waals surface area contributed by atoms with Gasteiger partial charge in [-0.3, -0.25) is 10.9 Å². The van der Waals surface area contributed by atoms with Crippen LogP contribution in [-0.2, 0) is 0 Å². The summed E-state index contributed by atoms with van der Waals surface area (Å²) in [6, 6.07) is 21.1. The van der Waals surface area contributed by atoms with Gasteiger partial charge in [0.05, 0.1) is 12.4 Å². The molecule has 8 nitrogen and oxygen atoms in total. The van der Waals surface area contributed by atoms with E-state index >= 15 is 0 Å². The van der Waals surface area contributed by atoms with Crippen LogP contribution in [0, 0.1) is 0 Å². The van der Waals surface area contributed by atoms with Gasteiger partial charge in [-0.1, -0.05) is 48.5 Å². The molecule has 1 aromatic heterocycles. The maximum atomic E-state index is 9.52. The predicted octanol–water partition coefficient (Wildman–Crippen LogP) is 3.93. The number of hydrogen-bond acceptors (Lipinski definition) is 8. The zero-order chi connectivity index (χ0) is 20.8. The summed E-state index contributed by atoms with van der Waals surface area (Å²) in [5.41, 5.74) is 7.28. The highest BCUT2D eigenvalue weighted by atomic mass is 16.3. The molecule has 0 unspecified atom stereocenters. The molecule has 0 atom stereocenters. The van der Waals surface area contributed by atoms with Gasteiger partial charge >= 0.3 is 0 Å². The molecule has 8 heteroatoms. The molecule has 0 aliphatic rings. The van der Waals surface area contributed by atoms with Crippen molar-refractivity contribution >= 4 is 34.8 Å². The third-order valence-corrected chi connectivity index (χ3v) is 4.20. The summed E-state index contributed by atoms with van der Waals surface area (Å²) in [6.45, 7) is 0. The maximum absolute atomic E-state index is 9.52. The number of phenols is 2. The Morgan fingerprint density at radius 1 is 0.633 bits per heavy atom. The molecule has 0 aliphatic carbocycles. The van der Waals surface area contributed by atoms with E-state index in [0.717, 1.165) is 21.9 Å². The van der Waals surface area contributed by atoms with Crippen LogP contribution in [0.25, 0.3) is 10.8 Å². The molecule has 4 aromatic rings. The van der Waals surface area contributed by atoms with Crippen molar-refractivity contribution in [2.45, 2.75) is 0 Å². The van der Waals surface area contributed by atoms with Crippen molar-refractivity contribution < 1.29 is 10.2 Å². The van der Waals surface area contributed by atoms with Crippen LogP contribution in [0.15, 0.2) is 83.0 Å². The molecule has 1 heterocycles. The standard InChI is InChI=1S/C22H18N6O2/c29-17-7-3-5-15(11-17)13-23-25-21-19-9-1-2-10-20(19)22(28-27-21)26-24-14-16-6-4-8-18(30)12-16/h1-14,29-30H,(H,25,27)(H,26,28)/b23-13-,24-14-. The molecule has 30 heavy (non-hydrogen) atoms. The molecule has 0 aliphatic heterocycles. The van der Waals surface area contributed by atoms with Gasteiger partial charge in [-0.2, -0.15) is 10.2 Å². The van der Waals surface area contributed by atoms with Crippen LogP contribution in [0.3, 0.4) is 0 Å². The third-order valence-electron chi connectivity index (χ3n) is 4.20. The topological polar surface area (TPSA) is 115 Å². The molecular weight excluding hydrogens is 380 g/mol. The number of phenolic OH excluding ortho intramolecular Hbond substituents is 2. The summed E-state index contributed by atoms with van der Waals surface area (Å²) in [7, 11) is 0. The van der Waals surface area contributed by atoms with Crippen molar-refractivity contribution in [1.29, 1.82) is 0 Å². The molecule has 0 radical (unpaired) electrons. The summed E-state index contributed by atoms with van der Waals surface area (Å²) in [4.78, 5) is 0. The van der Waals surface area contributed by atoms with Crippen molar-refractivity contribution in [2.24, 2.45) is 10.2 Å². The molecule has 0 amide bonds. The average molecular weight is 398 g/mol. The molecule has 0 saturated heterocycles. The van der Waals surface area contributed by atoms with Gasteiger partial charge in [0.25, 0.3) is 0 Å². The fraction of sp³-hybridized carbons (Fsp3) is 0. The number of fused-ring (bicyclic) bond motifs is 1. The van der Waals surface area contributed by atoms with E-state index in [-0.39, 0.29) is 11.5 Å². The summed E-state index contributed by atoms with van der Waals surface area (Å²) < 4.78 is 0. The number of hydrazone groups is 2. The minimum Gasteiger partial charge on any atom is -0.508 e. The van der Waals surface area contributed by atoms with Crippen LogP contribution in [0.2, 0.25) is 0 Å². The number of nitrogens with zero attached hydrogens (tertiary/aromatic N) is 4. The lowest BCUT2D eigenvalue weighted by atomic mass is 10.2. The summed E-state index contributed by atoms with van der Waals surface area (Å²) in [6.07, 6.45) is 3.17. The van der Waals surface area contributed by atoms with Crippen LogP contribution in [0.1, 0.15) is 11.1 Å². The molecule has 0 saturated carbocycles. The van der Waals surface area contributed by atoms with Gasteiger partial charge in [0, 0.05) is 10.8 Å². The largest absolute Gasteiger partial charge is 0.508 e. The lowest BCUT2D eigenvalue weighted by Gasteiger charge is -2.08. The van der Waals surface area contributed by atoms with Gasteiger partial charge in [0.2, 0.25) is 0 Å². The van der Waals surface area contributed by atoms with Crippen molar-refractivity contribution in [2.75, 3.05) is 10.9 Å². The quantitative estimate of drug-likeness (QED) is 0.289. The second kappa shape index (κ2) is 8.70. The first-order valence-electron chi connectivity index (χ1n) is 9.11. The number of aromatic nitrogens is 2. The monoisotopic (exact) mass is 398 g/mol. The highest BCUT2D eigenvalue weighted by Gasteiger charge is 2.08. The van der Waals surface area contributed by atoms with Gasteiger partial charge in [-0.15, -0.1) is 10.2 Å². The van der Waals surface area contributed by atoms with Crippen LogP contribution in [-0.4, -0.2) is 32.8 Å². The Labute approximate surface area is 172 Å². The highest BCUT2D eigenvalue weighted by molar-refractivity contribution is 5.98. The first-order chi connectivity index (χ1) is 14.7. The van der Waals surface area contributed by atoms with E-state index in [9.17, 15) is 10.2 Å². The first kappa shape index (κ1) is 18.9. The minimum absolute atomic E-state index is 0.172. The zero-order valence-electron chi connectivity index (χ0n) is 15.8. The van der Waals surface area contributed by atoms with E-state index in [1.807, 2.05) is 36.4 Å². The molecule has 148 valence electrons. The van der Waals surface area contributed by atoms with Crippen molar-refractivity contribution in [3.63, 3.8) is 0 Å². The van der Waals surface area contributed by atoms with Crippen molar-refractivity contribution in [1.82, 2.24) is 10.2 Å². The Bertz CT molecular complexity index is 1140. The lowest BCUT2D eigenvalue weighted by Crippen LogP contribution is -2.01. The van der Waals surface area contributed by atoms with Gasteiger partial charge in [0.1, 0.15) is 11.5 Å². The third kappa shape index (κ3) is 4.50. The second-order valence-electron chi connectivity index (χ2n) is 6.37. The zero-order valence-corrected chi connectivity index (χ0v) is 15.8. The van der Waals surface area contributed by atoms with Gasteiger partial charge in [-0.25, -0.2) is 0 Å². The Kier molecular flexibility index (Phi) is 5.47. The van der Waals surface area contributed by atoms with E-state index in [1.165, 1.54) is 0 Å². The fourth-order valence-electron chi connectivity index (χ4n) is 2.82. The molecule has 0 fully saturated rings. The number of aromatic hydroxyl groups is 2.